The molecule has 1 saturated heterocycles. The maximum Gasteiger partial charge on any atom is 0.252 e. The Labute approximate surface area is 174 Å². The number of nitrogens with one attached hydrogen (secondary N) is 1. The highest BCUT2D eigenvalue weighted by molar-refractivity contribution is 6.36. The molecule has 150 valence electrons. The molecule has 1 fully saturated rings. The third-order valence-corrected chi connectivity index (χ3v) is 5.76. The van der Waals surface area contributed by atoms with Crippen molar-refractivity contribution in [1.82, 2.24) is 5.32 Å². The van der Waals surface area contributed by atoms with E-state index in [1.165, 1.54) is 0 Å². The van der Waals surface area contributed by atoms with Crippen LogP contribution in [0.4, 0.5) is 0 Å². The van der Waals surface area contributed by atoms with Gasteiger partial charge in [0.05, 0.1) is 24.8 Å². The second-order valence-corrected chi connectivity index (χ2v) is 7.61. The predicted octanol–water partition coefficient (Wildman–Crippen LogP) is 4.49. The van der Waals surface area contributed by atoms with E-state index in [2.05, 4.69) is 5.32 Å². The second kappa shape index (κ2) is 9.03. The van der Waals surface area contributed by atoms with E-state index < -0.39 is 0 Å². The number of halogens is 2. The van der Waals surface area contributed by atoms with Crippen molar-refractivity contribution < 1.29 is 19.0 Å². The van der Waals surface area contributed by atoms with E-state index in [0.29, 0.717) is 46.9 Å². The van der Waals surface area contributed by atoms with Gasteiger partial charge in [-0.05, 0) is 48.7 Å². The molecule has 2 aromatic carbocycles. The van der Waals surface area contributed by atoms with E-state index in [9.17, 15) is 4.79 Å². The summed E-state index contributed by atoms with van der Waals surface area (Å²) in [6.07, 6.45) is 1.58. The van der Waals surface area contributed by atoms with Crippen molar-refractivity contribution in [2.45, 2.75) is 18.3 Å². The number of carbonyl (C=O) groups excluding carboxylic acids is 1. The number of amides is 1. The highest BCUT2D eigenvalue weighted by Gasteiger charge is 2.35. The normalized spacial score (nSPS) is 15.7. The summed E-state index contributed by atoms with van der Waals surface area (Å²) in [7, 11) is 3.22. The standard InChI is InChI=1S/C21H23Cl2NO4/c1-26-18-6-3-14(11-19(18)27-2)21(7-9-28-10-8-21)13-24-20(25)16-5-4-15(22)12-17(16)23/h3-6,11-12H,7-10,13H2,1-2H3,(H,24,25). The largest absolute Gasteiger partial charge is 0.493 e. The monoisotopic (exact) mass is 423 g/mol. The summed E-state index contributed by atoms with van der Waals surface area (Å²) < 4.78 is 16.4. The van der Waals surface area contributed by atoms with Gasteiger partial charge < -0.3 is 19.5 Å². The maximum atomic E-state index is 12.7. The first-order valence-electron chi connectivity index (χ1n) is 9.02. The molecule has 1 N–H and O–H groups in total. The van der Waals surface area contributed by atoms with Gasteiger partial charge in [0.1, 0.15) is 0 Å². The van der Waals surface area contributed by atoms with Crippen LogP contribution in [0.1, 0.15) is 28.8 Å². The van der Waals surface area contributed by atoms with Crippen LogP contribution in [0.25, 0.3) is 0 Å². The van der Waals surface area contributed by atoms with Gasteiger partial charge in [-0.1, -0.05) is 29.3 Å². The summed E-state index contributed by atoms with van der Waals surface area (Å²) in [5, 5.41) is 3.86. The van der Waals surface area contributed by atoms with Crippen molar-refractivity contribution in [3.63, 3.8) is 0 Å². The van der Waals surface area contributed by atoms with Gasteiger partial charge >= 0.3 is 0 Å². The van der Waals surface area contributed by atoms with E-state index in [0.717, 1.165) is 18.4 Å². The van der Waals surface area contributed by atoms with Crippen LogP contribution in [0.15, 0.2) is 36.4 Å². The zero-order chi connectivity index (χ0) is 20.1. The molecule has 2 aromatic rings. The summed E-state index contributed by atoms with van der Waals surface area (Å²) in [5.74, 6) is 1.11. The molecule has 0 aliphatic carbocycles. The molecule has 0 saturated carbocycles. The first-order chi connectivity index (χ1) is 13.5. The number of carbonyl (C=O) groups is 1. The molecule has 0 spiro atoms. The molecule has 1 aliphatic heterocycles. The van der Waals surface area contributed by atoms with Gasteiger partial charge in [-0.3, -0.25) is 4.79 Å². The van der Waals surface area contributed by atoms with Gasteiger partial charge in [0.15, 0.2) is 11.5 Å². The van der Waals surface area contributed by atoms with E-state index in [1.807, 2.05) is 18.2 Å². The lowest BCUT2D eigenvalue weighted by molar-refractivity contribution is 0.0486. The topological polar surface area (TPSA) is 56.8 Å². The first kappa shape index (κ1) is 20.8. The van der Waals surface area contributed by atoms with Crippen molar-refractivity contribution in [2.75, 3.05) is 34.0 Å². The number of benzene rings is 2. The highest BCUT2D eigenvalue weighted by Crippen LogP contribution is 2.39. The Bertz CT molecular complexity index is 850. The molecule has 5 nitrogen and oxygen atoms in total. The average Bonchev–Trinajstić information content (AvgIpc) is 2.72. The lowest BCUT2D eigenvalue weighted by Crippen LogP contribution is -2.44. The smallest absolute Gasteiger partial charge is 0.252 e. The number of rotatable bonds is 6. The molecular formula is C21H23Cl2NO4. The van der Waals surface area contributed by atoms with Crippen molar-refractivity contribution in [2.24, 2.45) is 0 Å². The van der Waals surface area contributed by atoms with Gasteiger partial charge in [0.25, 0.3) is 5.91 Å². The SMILES string of the molecule is COc1ccc(C2(CNC(=O)c3ccc(Cl)cc3Cl)CCOCC2)cc1OC. The zero-order valence-corrected chi connectivity index (χ0v) is 17.4. The zero-order valence-electron chi connectivity index (χ0n) is 15.9. The molecule has 0 atom stereocenters. The maximum absolute atomic E-state index is 12.7. The number of methoxy groups -OCH3 is 2. The van der Waals surface area contributed by atoms with E-state index in [1.54, 1.807) is 32.4 Å². The second-order valence-electron chi connectivity index (χ2n) is 6.77. The molecule has 1 aliphatic rings. The quantitative estimate of drug-likeness (QED) is 0.743. The average molecular weight is 424 g/mol. The molecule has 0 bridgehead atoms. The van der Waals surface area contributed by atoms with E-state index in [-0.39, 0.29) is 11.3 Å². The molecule has 3 rings (SSSR count). The Morgan fingerprint density at radius 3 is 2.43 bits per heavy atom. The number of ether oxygens (including phenoxy) is 3. The van der Waals surface area contributed by atoms with Gasteiger partial charge in [-0.25, -0.2) is 0 Å². The Hall–Kier alpha value is -1.95. The van der Waals surface area contributed by atoms with Gasteiger partial charge in [0.2, 0.25) is 0 Å². The minimum atomic E-state index is -0.258. The molecule has 28 heavy (non-hydrogen) atoms. The predicted molar refractivity (Wildman–Crippen MR) is 110 cm³/mol. The highest BCUT2D eigenvalue weighted by atomic mass is 35.5. The van der Waals surface area contributed by atoms with Crippen LogP contribution in [0.3, 0.4) is 0 Å². The summed E-state index contributed by atoms with van der Waals surface area (Å²) in [4.78, 5) is 12.7. The molecule has 0 radical (unpaired) electrons. The third kappa shape index (κ3) is 4.37. The lowest BCUT2D eigenvalue weighted by Gasteiger charge is -2.38. The minimum Gasteiger partial charge on any atom is -0.493 e. The van der Waals surface area contributed by atoms with Gasteiger partial charge in [-0.2, -0.15) is 0 Å². The van der Waals surface area contributed by atoms with Crippen molar-refractivity contribution in [1.29, 1.82) is 0 Å². The Kier molecular flexibility index (Phi) is 6.70. The fourth-order valence-corrected chi connectivity index (χ4v) is 4.01. The van der Waals surface area contributed by atoms with Crippen LogP contribution in [-0.4, -0.2) is 39.9 Å². The van der Waals surface area contributed by atoms with Crippen LogP contribution >= 0.6 is 23.2 Å². The third-order valence-electron chi connectivity index (χ3n) is 5.21. The minimum absolute atomic E-state index is 0.229. The van der Waals surface area contributed by atoms with Gasteiger partial charge in [-0.15, -0.1) is 0 Å². The van der Waals surface area contributed by atoms with Crippen LogP contribution in [0, 0.1) is 0 Å². The van der Waals surface area contributed by atoms with Gasteiger partial charge in [0, 0.05) is 30.2 Å². The molecular weight excluding hydrogens is 401 g/mol. The molecule has 7 heteroatoms. The van der Waals surface area contributed by atoms with E-state index >= 15 is 0 Å². The molecule has 0 unspecified atom stereocenters. The van der Waals surface area contributed by atoms with Crippen LogP contribution in [0.5, 0.6) is 11.5 Å². The first-order valence-corrected chi connectivity index (χ1v) is 9.78. The Morgan fingerprint density at radius 1 is 1.07 bits per heavy atom. The van der Waals surface area contributed by atoms with Crippen molar-refractivity contribution in [3.8, 4) is 11.5 Å². The Balaban J connectivity index is 1.85. The molecule has 1 heterocycles. The van der Waals surface area contributed by atoms with Crippen LogP contribution in [-0.2, 0) is 10.2 Å². The Morgan fingerprint density at radius 2 is 1.79 bits per heavy atom. The summed E-state index contributed by atoms with van der Waals surface area (Å²) in [5.41, 5.74) is 1.23. The van der Waals surface area contributed by atoms with Crippen LogP contribution < -0.4 is 14.8 Å². The van der Waals surface area contributed by atoms with E-state index in [4.69, 9.17) is 37.4 Å². The summed E-state index contributed by atoms with van der Waals surface area (Å²) in [6.45, 7) is 1.72. The fraction of sp³-hybridized carbons (Fsp3) is 0.381. The number of hydrogen-bond donors (Lipinski definition) is 1. The summed E-state index contributed by atoms with van der Waals surface area (Å²) in [6, 6.07) is 10.7. The number of hydrogen-bond acceptors (Lipinski definition) is 4. The van der Waals surface area contributed by atoms with Crippen molar-refractivity contribution >= 4 is 29.1 Å². The molecule has 0 aromatic heterocycles. The van der Waals surface area contributed by atoms with Crippen LogP contribution in [0.2, 0.25) is 10.0 Å². The van der Waals surface area contributed by atoms with Crippen molar-refractivity contribution in [3.05, 3.63) is 57.6 Å². The summed E-state index contributed by atoms with van der Waals surface area (Å²) >= 11 is 12.1. The fourth-order valence-electron chi connectivity index (χ4n) is 3.51. The lowest BCUT2D eigenvalue weighted by atomic mass is 9.74. The molecule has 1 amide bonds.